The molecule has 0 N–H and O–H groups in total. The molecule has 1 aromatic carbocycles. The molecule has 3 nitrogen and oxygen atoms in total. The van der Waals surface area contributed by atoms with Crippen LogP contribution in [0.3, 0.4) is 0 Å². The number of benzene rings is 1. The molecule has 0 aliphatic rings. The molecular formula is C14H16Cl2O3. The van der Waals surface area contributed by atoms with Gasteiger partial charge in [0.1, 0.15) is 5.41 Å². The van der Waals surface area contributed by atoms with E-state index in [4.69, 9.17) is 27.9 Å². The van der Waals surface area contributed by atoms with Gasteiger partial charge >= 0.3 is 5.97 Å². The summed E-state index contributed by atoms with van der Waals surface area (Å²) in [6.07, 6.45) is 0.114. The Balaban J connectivity index is 2.83. The minimum atomic E-state index is -1.16. The maximum absolute atomic E-state index is 12.2. The molecule has 0 fully saturated rings. The Bertz CT molecular complexity index is 495. The fraction of sp³-hybridized carbons (Fsp3) is 0.429. The number of halogens is 2. The van der Waals surface area contributed by atoms with Gasteiger partial charge in [-0.25, -0.2) is 0 Å². The smallest absolute Gasteiger partial charge is 0.319 e. The molecule has 0 heterocycles. The molecule has 0 aliphatic heterocycles. The molecule has 104 valence electrons. The Hall–Kier alpha value is -1.06. The number of ether oxygens (including phenoxy) is 1. The quantitative estimate of drug-likeness (QED) is 0.615. The van der Waals surface area contributed by atoms with Crippen molar-refractivity contribution in [3.63, 3.8) is 0 Å². The number of carbonyl (C=O) groups excluding carboxylic acids is 2. The van der Waals surface area contributed by atoms with E-state index >= 15 is 0 Å². The van der Waals surface area contributed by atoms with Crippen molar-refractivity contribution >= 4 is 35.0 Å². The Morgan fingerprint density at radius 1 is 1.21 bits per heavy atom. The first-order valence-electron chi connectivity index (χ1n) is 5.93. The van der Waals surface area contributed by atoms with Crippen molar-refractivity contribution in [2.75, 3.05) is 6.61 Å². The van der Waals surface area contributed by atoms with Gasteiger partial charge in [0.25, 0.3) is 0 Å². The molecule has 0 amide bonds. The standard InChI is InChI=1S/C14H16Cl2O3/c1-4-19-13(18)14(2,3)12(17)8-9-5-6-10(15)11(16)7-9/h5-7H,4,8H2,1-3H3. The first kappa shape index (κ1) is 16.0. The van der Waals surface area contributed by atoms with Crippen molar-refractivity contribution in [1.82, 2.24) is 0 Å². The summed E-state index contributed by atoms with van der Waals surface area (Å²) in [7, 11) is 0. The summed E-state index contributed by atoms with van der Waals surface area (Å²) in [6, 6.07) is 4.97. The van der Waals surface area contributed by atoms with E-state index in [0.717, 1.165) is 5.56 Å². The Morgan fingerprint density at radius 3 is 2.37 bits per heavy atom. The summed E-state index contributed by atoms with van der Waals surface area (Å²) < 4.78 is 4.90. The van der Waals surface area contributed by atoms with Gasteiger partial charge in [-0.15, -0.1) is 0 Å². The molecule has 0 unspecified atom stereocenters. The number of esters is 1. The summed E-state index contributed by atoms with van der Waals surface area (Å²) in [5, 5.41) is 0.823. The number of hydrogen-bond acceptors (Lipinski definition) is 3. The van der Waals surface area contributed by atoms with E-state index in [0.29, 0.717) is 10.0 Å². The third kappa shape index (κ3) is 3.95. The van der Waals surface area contributed by atoms with Crippen molar-refractivity contribution in [3.8, 4) is 0 Å². The number of carbonyl (C=O) groups is 2. The van der Waals surface area contributed by atoms with Crippen LogP contribution in [0.15, 0.2) is 18.2 Å². The molecule has 0 saturated heterocycles. The van der Waals surface area contributed by atoms with Gasteiger partial charge in [0.15, 0.2) is 5.78 Å². The maximum Gasteiger partial charge on any atom is 0.319 e. The van der Waals surface area contributed by atoms with Crippen LogP contribution in [0.2, 0.25) is 10.0 Å². The number of hydrogen-bond donors (Lipinski definition) is 0. The molecule has 5 heteroatoms. The van der Waals surface area contributed by atoms with Gasteiger partial charge in [0, 0.05) is 6.42 Å². The van der Waals surface area contributed by atoms with E-state index in [1.165, 1.54) is 0 Å². The summed E-state index contributed by atoms with van der Waals surface area (Å²) in [4.78, 5) is 23.9. The Kier molecular flexibility index (Phi) is 5.39. The first-order valence-corrected chi connectivity index (χ1v) is 6.69. The van der Waals surface area contributed by atoms with Crippen LogP contribution in [0.25, 0.3) is 0 Å². The summed E-state index contributed by atoms with van der Waals surface area (Å²) >= 11 is 11.7. The highest BCUT2D eigenvalue weighted by Gasteiger charge is 2.36. The lowest BCUT2D eigenvalue weighted by Crippen LogP contribution is -2.36. The van der Waals surface area contributed by atoms with E-state index in [-0.39, 0.29) is 18.8 Å². The van der Waals surface area contributed by atoms with Gasteiger partial charge in [-0.3, -0.25) is 9.59 Å². The molecule has 19 heavy (non-hydrogen) atoms. The van der Waals surface area contributed by atoms with Crippen molar-refractivity contribution in [3.05, 3.63) is 33.8 Å². The third-order valence-electron chi connectivity index (χ3n) is 2.83. The van der Waals surface area contributed by atoms with E-state index in [1.807, 2.05) is 0 Å². The Morgan fingerprint density at radius 2 is 1.84 bits per heavy atom. The van der Waals surface area contributed by atoms with Gasteiger partial charge in [0.2, 0.25) is 0 Å². The van der Waals surface area contributed by atoms with Crippen molar-refractivity contribution in [2.24, 2.45) is 5.41 Å². The van der Waals surface area contributed by atoms with Crippen molar-refractivity contribution < 1.29 is 14.3 Å². The van der Waals surface area contributed by atoms with Crippen LogP contribution < -0.4 is 0 Å². The maximum atomic E-state index is 12.2. The highest BCUT2D eigenvalue weighted by Crippen LogP contribution is 2.25. The molecule has 0 radical (unpaired) electrons. The first-order chi connectivity index (χ1) is 8.78. The predicted octanol–water partition coefficient (Wildman–Crippen LogP) is 3.69. The SMILES string of the molecule is CCOC(=O)C(C)(C)C(=O)Cc1ccc(Cl)c(Cl)c1. The van der Waals surface area contributed by atoms with Crippen LogP contribution in [0, 0.1) is 5.41 Å². The third-order valence-corrected chi connectivity index (χ3v) is 3.57. The van der Waals surface area contributed by atoms with E-state index in [9.17, 15) is 9.59 Å². The zero-order chi connectivity index (χ0) is 14.6. The molecular weight excluding hydrogens is 287 g/mol. The van der Waals surface area contributed by atoms with Crippen LogP contribution in [0.1, 0.15) is 26.3 Å². The van der Waals surface area contributed by atoms with Crippen LogP contribution in [0.4, 0.5) is 0 Å². The normalized spacial score (nSPS) is 11.2. The second-order valence-electron chi connectivity index (χ2n) is 4.69. The molecule has 0 aliphatic carbocycles. The lowest BCUT2D eigenvalue weighted by atomic mass is 9.85. The summed E-state index contributed by atoms with van der Waals surface area (Å²) in [6.45, 7) is 5.08. The van der Waals surface area contributed by atoms with Gasteiger partial charge < -0.3 is 4.74 Å². The number of rotatable bonds is 5. The minimum Gasteiger partial charge on any atom is -0.465 e. The minimum absolute atomic E-state index is 0.114. The van der Waals surface area contributed by atoms with E-state index < -0.39 is 11.4 Å². The monoisotopic (exact) mass is 302 g/mol. The van der Waals surface area contributed by atoms with Crippen LogP contribution in [0.5, 0.6) is 0 Å². The topological polar surface area (TPSA) is 43.4 Å². The molecule has 0 bridgehead atoms. The summed E-state index contributed by atoms with van der Waals surface area (Å²) in [5.41, 5.74) is -0.445. The van der Waals surface area contributed by atoms with Crippen molar-refractivity contribution in [1.29, 1.82) is 0 Å². The number of Topliss-reactive ketones (excluding diaryl/α,β-unsaturated/α-hetero) is 1. The van der Waals surface area contributed by atoms with E-state index in [2.05, 4.69) is 0 Å². The van der Waals surface area contributed by atoms with Crippen LogP contribution in [-0.4, -0.2) is 18.4 Å². The highest BCUT2D eigenvalue weighted by molar-refractivity contribution is 6.42. The lowest BCUT2D eigenvalue weighted by Gasteiger charge is -2.20. The zero-order valence-corrected chi connectivity index (χ0v) is 12.6. The Labute approximate surface area is 122 Å². The van der Waals surface area contributed by atoms with Gasteiger partial charge in [-0.2, -0.15) is 0 Å². The fourth-order valence-corrected chi connectivity index (χ4v) is 1.80. The molecule has 1 aromatic rings. The molecule has 1 rings (SSSR count). The molecule has 0 aromatic heterocycles. The predicted molar refractivity (Wildman–Crippen MR) is 75.6 cm³/mol. The average molecular weight is 303 g/mol. The van der Waals surface area contributed by atoms with Crippen LogP contribution >= 0.6 is 23.2 Å². The second kappa shape index (κ2) is 6.40. The van der Waals surface area contributed by atoms with Crippen molar-refractivity contribution in [2.45, 2.75) is 27.2 Å². The lowest BCUT2D eigenvalue weighted by molar-refractivity contribution is -0.157. The number of ketones is 1. The highest BCUT2D eigenvalue weighted by atomic mass is 35.5. The van der Waals surface area contributed by atoms with Gasteiger partial charge in [0.05, 0.1) is 16.7 Å². The molecule has 0 spiro atoms. The average Bonchev–Trinajstić information content (AvgIpc) is 2.34. The fourth-order valence-electron chi connectivity index (χ4n) is 1.48. The van der Waals surface area contributed by atoms with Gasteiger partial charge in [-0.05, 0) is 38.5 Å². The second-order valence-corrected chi connectivity index (χ2v) is 5.51. The van der Waals surface area contributed by atoms with Crippen LogP contribution in [-0.2, 0) is 20.7 Å². The molecule has 0 saturated carbocycles. The zero-order valence-electron chi connectivity index (χ0n) is 11.1. The summed E-state index contributed by atoms with van der Waals surface area (Å²) in [5.74, 6) is -0.732. The van der Waals surface area contributed by atoms with E-state index in [1.54, 1.807) is 39.0 Å². The largest absolute Gasteiger partial charge is 0.465 e. The van der Waals surface area contributed by atoms with Gasteiger partial charge in [-0.1, -0.05) is 29.3 Å². The molecule has 0 atom stereocenters.